The minimum Gasteiger partial charge on any atom is -0.322 e. The van der Waals surface area contributed by atoms with Crippen LogP contribution < -0.4 is 10.2 Å². The van der Waals surface area contributed by atoms with E-state index in [2.05, 4.69) is 52.1 Å². The van der Waals surface area contributed by atoms with Crippen molar-refractivity contribution in [1.82, 2.24) is 0 Å². The normalized spacial score (nSPS) is 16.2. The maximum absolute atomic E-state index is 12.8. The fraction of sp³-hybridized carbons (Fsp3) is 0.286. The maximum atomic E-state index is 12.8. The number of carbonyl (C=O) groups is 2. The summed E-state index contributed by atoms with van der Waals surface area (Å²) in [7, 11) is 0. The Balaban J connectivity index is 1.55. The molecule has 0 spiro atoms. The molecule has 4 nitrogen and oxygen atoms in total. The molecule has 0 unspecified atom stereocenters. The van der Waals surface area contributed by atoms with E-state index in [-0.39, 0.29) is 22.6 Å². The summed E-state index contributed by atoms with van der Waals surface area (Å²) in [6, 6.07) is 21.7. The average Bonchev–Trinajstić information content (AvgIpc) is 3.17. The third-order valence-corrected chi connectivity index (χ3v) is 7.29. The van der Waals surface area contributed by atoms with E-state index in [4.69, 9.17) is 0 Å². The van der Waals surface area contributed by atoms with Crippen molar-refractivity contribution in [2.24, 2.45) is 0 Å². The van der Waals surface area contributed by atoms with Crippen molar-refractivity contribution < 1.29 is 9.59 Å². The monoisotopic (exact) mass is 458 g/mol. The molecule has 2 amide bonds. The fourth-order valence-electron chi connectivity index (χ4n) is 3.92. The number of thioether (sulfide) groups is 1. The van der Waals surface area contributed by atoms with Gasteiger partial charge in [-0.1, -0.05) is 51.1 Å². The van der Waals surface area contributed by atoms with Crippen LogP contribution >= 0.6 is 11.8 Å². The summed E-state index contributed by atoms with van der Waals surface area (Å²) in [5, 5.41) is 2.89. The van der Waals surface area contributed by atoms with Crippen LogP contribution in [0.3, 0.4) is 0 Å². The van der Waals surface area contributed by atoms with Gasteiger partial charge >= 0.3 is 0 Å². The molecule has 1 aliphatic heterocycles. The molecule has 4 rings (SSSR count). The van der Waals surface area contributed by atoms with Crippen LogP contribution in [0.1, 0.15) is 58.8 Å². The van der Waals surface area contributed by atoms with Gasteiger partial charge in [0.25, 0.3) is 5.91 Å². The summed E-state index contributed by atoms with van der Waals surface area (Å²) in [5.74, 6) is 0.393. The van der Waals surface area contributed by atoms with E-state index in [0.29, 0.717) is 11.3 Å². The number of benzene rings is 3. The van der Waals surface area contributed by atoms with Crippen molar-refractivity contribution in [2.45, 2.75) is 45.4 Å². The Bertz CT molecular complexity index is 1200. The Labute approximate surface area is 200 Å². The van der Waals surface area contributed by atoms with Crippen LogP contribution in [0.4, 0.5) is 11.4 Å². The molecule has 0 aromatic heterocycles. The minimum atomic E-state index is -0.145. The fourth-order valence-corrected chi connectivity index (χ4v) is 5.09. The number of nitrogens with one attached hydrogen (secondary N) is 1. The first-order valence-corrected chi connectivity index (χ1v) is 12.2. The lowest BCUT2D eigenvalue weighted by Gasteiger charge is -2.25. The lowest BCUT2D eigenvalue weighted by molar-refractivity contribution is -0.115. The van der Waals surface area contributed by atoms with Gasteiger partial charge < -0.3 is 5.32 Å². The molecule has 1 heterocycles. The summed E-state index contributed by atoms with van der Waals surface area (Å²) >= 11 is 1.61. The number of rotatable bonds is 4. The van der Waals surface area contributed by atoms with Gasteiger partial charge in [0.2, 0.25) is 5.91 Å². The number of aryl methyl sites for hydroxylation is 2. The third-order valence-electron chi connectivity index (χ3n) is 6.08. The molecular formula is C28H30N2O2S. The summed E-state index contributed by atoms with van der Waals surface area (Å²) < 4.78 is 0. The molecule has 5 heteroatoms. The molecule has 1 aliphatic rings. The Hall–Kier alpha value is -3.05. The molecule has 0 saturated carbocycles. The van der Waals surface area contributed by atoms with Crippen LogP contribution in [0.2, 0.25) is 0 Å². The predicted molar refractivity (Wildman–Crippen MR) is 138 cm³/mol. The van der Waals surface area contributed by atoms with Gasteiger partial charge in [0.1, 0.15) is 5.37 Å². The van der Waals surface area contributed by atoms with E-state index >= 15 is 0 Å². The van der Waals surface area contributed by atoms with Gasteiger partial charge in [-0.05, 0) is 77.9 Å². The first-order valence-electron chi connectivity index (χ1n) is 11.2. The van der Waals surface area contributed by atoms with Crippen molar-refractivity contribution >= 4 is 35.0 Å². The second-order valence-corrected chi connectivity index (χ2v) is 10.7. The van der Waals surface area contributed by atoms with E-state index in [1.165, 1.54) is 11.1 Å². The average molecular weight is 459 g/mol. The van der Waals surface area contributed by atoms with Crippen molar-refractivity contribution in [3.05, 3.63) is 94.5 Å². The zero-order chi connectivity index (χ0) is 23.8. The van der Waals surface area contributed by atoms with E-state index in [1.807, 2.05) is 59.5 Å². The quantitative estimate of drug-likeness (QED) is 0.477. The van der Waals surface area contributed by atoms with Crippen molar-refractivity contribution in [3.63, 3.8) is 0 Å². The summed E-state index contributed by atoms with van der Waals surface area (Å²) in [6.07, 6.45) is 0. The maximum Gasteiger partial charge on any atom is 0.255 e. The molecule has 3 aromatic rings. The van der Waals surface area contributed by atoms with Crippen molar-refractivity contribution in [3.8, 4) is 0 Å². The first-order chi connectivity index (χ1) is 15.6. The van der Waals surface area contributed by atoms with E-state index in [0.717, 1.165) is 22.5 Å². The number of anilines is 2. The van der Waals surface area contributed by atoms with Gasteiger partial charge in [-0.15, -0.1) is 11.8 Å². The molecule has 1 saturated heterocycles. The van der Waals surface area contributed by atoms with Gasteiger partial charge in [-0.25, -0.2) is 0 Å². The lowest BCUT2D eigenvalue weighted by Crippen LogP contribution is -2.28. The molecular weight excluding hydrogens is 428 g/mol. The van der Waals surface area contributed by atoms with Crippen LogP contribution in [-0.4, -0.2) is 17.6 Å². The summed E-state index contributed by atoms with van der Waals surface area (Å²) in [6.45, 7) is 10.6. The molecule has 1 N–H and O–H groups in total. The Morgan fingerprint density at radius 2 is 1.70 bits per heavy atom. The van der Waals surface area contributed by atoms with E-state index in [1.54, 1.807) is 11.8 Å². The predicted octanol–water partition coefficient (Wildman–Crippen LogP) is 6.63. The van der Waals surface area contributed by atoms with Gasteiger partial charge in [-0.2, -0.15) is 0 Å². The smallest absolute Gasteiger partial charge is 0.255 e. The standard InChI is InChI=1S/C28H30N2O2S/c1-18-9-14-24(15-19(18)2)30-25(31)17-33-27(30)21-7-6-8-23(16-21)29-26(32)20-10-12-22(13-11-20)28(3,4)5/h6-16,27H,17H2,1-5H3,(H,29,32)/t27-/m0/s1. The highest BCUT2D eigenvalue weighted by atomic mass is 32.2. The Morgan fingerprint density at radius 3 is 2.36 bits per heavy atom. The number of carbonyl (C=O) groups excluding carboxylic acids is 2. The number of hydrogen-bond acceptors (Lipinski definition) is 3. The zero-order valence-electron chi connectivity index (χ0n) is 19.8. The molecule has 1 atom stereocenters. The zero-order valence-corrected chi connectivity index (χ0v) is 20.6. The summed E-state index contributed by atoms with van der Waals surface area (Å²) in [5.41, 5.74) is 6.84. The van der Waals surface area contributed by atoms with Crippen molar-refractivity contribution in [1.29, 1.82) is 0 Å². The largest absolute Gasteiger partial charge is 0.322 e. The second kappa shape index (κ2) is 9.06. The SMILES string of the molecule is Cc1ccc(N2C(=O)CS[C@H]2c2cccc(NC(=O)c3ccc(C(C)(C)C)cc3)c2)cc1C. The minimum absolute atomic E-state index is 0.0432. The first kappa shape index (κ1) is 23.1. The molecule has 0 radical (unpaired) electrons. The molecule has 3 aromatic carbocycles. The Kier molecular flexibility index (Phi) is 6.35. The van der Waals surface area contributed by atoms with Crippen LogP contribution in [0.25, 0.3) is 0 Å². The van der Waals surface area contributed by atoms with Gasteiger partial charge in [0.05, 0.1) is 5.75 Å². The van der Waals surface area contributed by atoms with Crippen molar-refractivity contribution in [2.75, 3.05) is 16.0 Å². The number of nitrogens with zero attached hydrogens (tertiary/aromatic N) is 1. The second-order valence-electron chi connectivity index (χ2n) is 9.60. The van der Waals surface area contributed by atoms with Gasteiger partial charge in [0.15, 0.2) is 0 Å². The number of hydrogen-bond donors (Lipinski definition) is 1. The van der Waals surface area contributed by atoms with Gasteiger partial charge in [-0.3, -0.25) is 14.5 Å². The highest BCUT2D eigenvalue weighted by Crippen LogP contribution is 2.42. The Morgan fingerprint density at radius 1 is 0.970 bits per heavy atom. The topological polar surface area (TPSA) is 49.4 Å². The van der Waals surface area contributed by atoms with Crippen LogP contribution in [-0.2, 0) is 10.2 Å². The highest BCUT2D eigenvalue weighted by Gasteiger charge is 2.34. The van der Waals surface area contributed by atoms with Crippen LogP contribution in [0.15, 0.2) is 66.7 Å². The highest BCUT2D eigenvalue weighted by molar-refractivity contribution is 8.00. The molecule has 0 aliphatic carbocycles. The summed E-state index contributed by atoms with van der Waals surface area (Å²) in [4.78, 5) is 27.4. The van der Waals surface area contributed by atoms with E-state index < -0.39 is 0 Å². The molecule has 1 fully saturated rings. The third kappa shape index (κ3) is 4.98. The van der Waals surface area contributed by atoms with Gasteiger partial charge in [0, 0.05) is 16.9 Å². The van der Waals surface area contributed by atoms with Crippen LogP contribution in [0.5, 0.6) is 0 Å². The lowest BCUT2D eigenvalue weighted by atomic mass is 9.87. The van der Waals surface area contributed by atoms with Crippen LogP contribution in [0, 0.1) is 13.8 Å². The molecule has 33 heavy (non-hydrogen) atoms. The number of amides is 2. The molecule has 170 valence electrons. The van der Waals surface area contributed by atoms with E-state index in [9.17, 15) is 9.59 Å². The molecule has 0 bridgehead atoms.